The molecule has 1 rings (SSSR count). The molecule has 1 fully saturated rings. The fourth-order valence-corrected chi connectivity index (χ4v) is 2.88. The summed E-state index contributed by atoms with van der Waals surface area (Å²) in [7, 11) is 1.69. The highest BCUT2D eigenvalue weighted by atomic mass is 16.5. The van der Waals surface area contributed by atoms with Crippen LogP contribution in [-0.2, 0) is 14.3 Å². The van der Waals surface area contributed by atoms with E-state index in [2.05, 4.69) is 19.2 Å². The number of carbonyl (C=O) groups is 2. The molecule has 1 saturated heterocycles. The van der Waals surface area contributed by atoms with Crippen LogP contribution in [0.2, 0.25) is 0 Å². The predicted octanol–water partition coefficient (Wildman–Crippen LogP) is 1.96. The van der Waals surface area contributed by atoms with Crippen molar-refractivity contribution in [3.8, 4) is 0 Å². The molecule has 0 radical (unpaired) electrons. The average molecular weight is 298 g/mol. The molecular formula is C16H30N2O3. The Labute approximate surface area is 128 Å². The number of hydrogen-bond donors (Lipinski definition) is 1. The van der Waals surface area contributed by atoms with Crippen LogP contribution in [0.15, 0.2) is 0 Å². The number of carbonyl (C=O) groups excluding carboxylic acids is 2. The first-order valence-electron chi connectivity index (χ1n) is 7.89. The summed E-state index contributed by atoms with van der Waals surface area (Å²) in [4.78, 5) is 26.7. The molecule has 0 saturated carbocycles. The zero-order chi connectivity index (χ0) is 16.1. The normalized spacial score (nSPS) is 19.4. The van der Waals surface area contributed by atoms with Gasteiger partial charge in [-0.1, -0.05) is 27.7 Å². The highest BCUT2D eigenvalue weighted by Crippen LogP contribution is 2.27. The number of hydrogen-bond acceptors (Lipinski definition) is 3. The van der Waals surface area contributed by atoms with Crippen LogP contribution < -0.4 is 5.32 Å². The van der Waals surface area contributed by atoms with Gasteiger partial charge in [0.15, 0.2) is 0 Å². The monoisotopic (exact) mass is 298 g/mol. The Balaban J connectivity index is 2.90. The summed E-state index contributed by atoms with van der Waals surface area (Å²) in [5.41, 5.74) is -0.753. The van der Waals surface area contributed by atoms with Gasteiger partial charge in [-0.2, -0.15) is 0 Å². The van der Waals surface area contributed by atoms with Gasteiger partial charge in [0, 0.05) is 33.2 Å². The van der Waals surface area contributed by atoms with E-state index in [-0.39, 0.29) is 17.2 Å². The van der Waals surface area contributed by atoms with E-state index in [0.29, 0.717) is 39.0 Å². The first kappa shape index (κ1) is 18.0. The minimum absolute atomic E-state index is 0.0215. The van der Waals surface area contributed by atoms with Crippen LogP contribution >= 0.6 is 0 Å². The van der Waals surface area contributed by atoms with Gasteiger partial charge in [0.2, 0.25) is 11.8 Å². The predicted molar refractivity (Wildman–Crippen MR) is 82.9 cm³/mol. The lowest BCUT2D eigenvalue weighted by Gasteiger charge is -2.37. The van der Waals surface area contributed by atoms with Gasteiger partial charge in [-0.3, -0.25) is 9.59 Å². The van der Waals surface area contributed by atoms with Crippen molar-refractivity contribution in [1.82, 2.24) is 10.2 Å². The Morgan fingerprint density at radius 3 is 2.43 bits per heavy atom. The van der Waals surface area contributed by atoms with E-state index >= 15 is 0 Å². The van der Waals surface area contributed by atoms with Crippen molar-refractivity contribution in [2.75, 3.05) is 26.8 Å². The second-order valence-electron chi connectivity index (χ2n) is 6.72. The Kier molecular flexibility index (Phi) is 6.20. The molecule has 1 aliphatic rings. The summed E-state index contributed by atoms with van der Waals surface area (Å²) >= 11 is 0. The molecule has 0 atom stereocenters. The van der Waals surface area contributed by atoms with E-state index in [0.717, 1.165) is 6.42 Å². The summed E-state index contributed by atoms with van der Waals surface area (Å²) in [6.07, 6.45) is 2.53. The van der Waals surface area contributed by atoms with Crippen molar-refractivity contribution >= 4 is 11.8 Å². The molecule has 5 nitrogen and oxygen atoms in total. The quantitative estimate of drug-likeness (QED) is 0.781. The van der Waals surface area contributed by atoms with Crippen LogP contribution in [0.1, 0.15) is 53.4 Å². The maximum atomic E-state index is 12.9. The molecule has 5 heteroatoms. The summed E-state index contributed by atoms with van der Waals surface area (Å²) < 4.78 is 5.15. The second kappa shape index (κ2) is 7.25. The Hall–Kier alpha value is -1.10. The number of nitrogens with zero attached hydrogens (tertiary/aromatic N) is 1. The van der Waals surface area contributed by atoms with Gasteiger partial charge in [0.1, 0.15) is 5.54 Å². The van der Waals surface area contributed by atoms with Crippen molar-refractivity contribution in [2.45, 2.75) is 58.9 Å². The third kappa shape index (κ3) is 4.43. The third-order valence-corrected chi connectivity index (χ3v) is 4.49. The third-order valence-electron chi connectivity index (χ3n) is 4.49. The van der Waals surface area contributed by atoms with Gasteiger partial charge >= 0.3 is 0 Å². The number of amides is 2. The second-order valence-corrected chi connectivity index (χ2v) is 6.72. The van der Waals surface area contributed by atoms with Crippen LogP contribution in [-0.4, -0.2) is 49.1 Å². The standard InChI is InChI=1S/C16H30N2O3/c1-6-16(7-2)14(20)18(10-8-13(19)17-16)12-15(3,4)9-11-21-5/h6-12H2,1-5H3,(H,17,19). The zero-order valence-corrected chi connectivity index (χ0v) is 14.1. The average Bonchev–Trinajstić information content (AvgIpc) is 2.56. The van der Waals surface area contributed by atoms with Crippen molar-refractivity contribution in [3.63, 3.8) is 0 Å². The highest BCUT2D eigenvalue weighted by Gasteiger charge is 2.42. The smallest absolute Gasteiger partial charge is 0.248 e. The minimum Gasteiger partial charge on any atom is -0.385 e. The lowest BCUT2D eigenvalue weighted by molar-refractivity contribution is -0.140. The molecule has 1 heterocycles. The van der Waals surface area contributed by atoms with Crippen LogP contribution in [0.4, 0.5) is 0 Å². The Morgan fingerprint density at radius 1 is 1.29 bits per heavy atom. The number of rotatable bonds is 7. The molecule has 1 aliphatic heterocycles. The maximum Gasteiger partial charge on any atom is 0.248 e. The molecular weight excluding hydrogens is 268 g/mol. The first-order chi connectivity index (χ1) is 9.80. The van der Waals surface area contributed by atoms with Crippen molar-refractivity contribution in [3.05, 3.63) is 0 Å². The first-order valence-corrected chi connectivity index (χ1v) is 7.89. The van der Waals surface area contributed by atoms with Gasteiger partial charge < -0.3 is 15.0 Å². The summed E-state index contributed by atoms with van der Waals surface area (Å²) in [5, 5.41) is 2.95. The SMILES string of the molecule is CCC1(CC)NC(=O)CCN(CC(C)(C)CCOC)C1=O. The molecule has 0 unspecified atom stereocenters. The molecule has 1 N–H and O–H groups in total. The fourth-order valence-electron chi connectivity index (χ4n) is 2.88. The van der Waals surface area contributed by atoms with Gasteiger partial charge in [-0.25, -0.2) is 0 Å². The number of methoxy groups -OCH3 is 1. The number of ether oxygens (including phenoxy) is 1. The maximum absolute atomic E-state index is 12.9. The van der Waals surface area contributed by atoms with Crippen molar-refractivity contribution < 1.29 is 14.3 Å². The fraction of sp³-hybridized carbons (Fsp3) is 0.875. The molecule has 21 heavy (non-hydrogen) atoms. The van der Waals surface area contributed by atoms with Crippen molar-refractivity contribution in [2.24, 2.45) is 5.41 Å². The van der Waals surface area contributed by atoms with E-state index in [9.17, 15) is 9.59 Å². The molecule has 0 bridgehead atoms. The summed E-state index contributed by atoms with van der Waals surface area (Å²) in [6.45, 7) is 10.0. The molecule has 0 aromatic carbocycles. The largest absolute Gasteiger partial charge is 0.385 e. The minimum atomic E-state index is -0.731. The van der Waals surface area contributed by atoms with Gasteiger partial charge in [-0.05, 0) is 24.7 Å². The van der Waals surface area contributed by atoms with Gasteiger partial charge in [0.25, 0.3) is 0 Å². The molecule has 0 aromatic rings. The Bertz CT molecular complexity index is 376. The van der Waals surface area contributed by atoms with E-state index in [4.69, 9.17) is 4.74 Å². The van der Waals surface area contributed by atoms with Gasteiger partial charge in [-0.15, -0.1) is 0 Å². The summed E-state index contributed by atoms with van der Waals surface area (Å²) in [6, 6.07) is 0. The van der Waals surface area contributed by atoms with Crippen LogP contribution in [0, 0.1) is 5.41 Å². The lowest BCUT2D eigenvalue weighted by Crippen LogP contribution is -2.57. The lowest BCUT2D eigenvalue weighted by atomic mass is 9.87. The van der Waals surface area contributed by atoms with E-state index in [1.165, 1.54) is 0 Å². The van der Waals surface area contributed by atoms with Gasteiger partial charge in [0.05, 0.1) is 0 Å². The van der Waals surface area contributed by atoms with E-state index < -0.39 is 5.54 Å². The molecule has 0 aliphatic carbocycles. The molecule has 0 spiro atoms. The van der Waals surface area contributed by atoms with Crippen LogP contribution in [0.3, 0.4) is 0 Å². The highest BCUT2D eigenvalue weighted by molar-refractivity contribution is 5.93. The Morgan fingerprint density at radius 2 is 1.90 bits per heavy atom. The zero-order valence-electron chi connectivity index (χ0n) is 14.1. The summed E-state index contributed by atoms with van der Waals surface area (Å²) in [5.74, 6) is 0.0353. The number of nitrogens with one attached hydrogen (secondary N) is 1. The van der Waals surface area contributed by atoms with Crippen molar-refractivity contribution in [1.29, 1.82) is 0 Å². The molecule has 122 valence electrons. The van der Waals surface area contributed by atoms with E-state index in [1.807, 2.05) is 18.7 Å². The molecule has 0 aromatic heterocycles. The van der Waals surface area contributed by atoms with E-state index in [1.54, 1.807) is 7.11 Å². The van der Waals surface area contributed by atoms with Crippen LogP contribution in [0.25, 0.3) is 0 Å². The van der Waals surface area contributed by atoms with Crippen LogP contribution in [0.5, 0.6) is 0 Å². The topological polar surface area (TPSA) is 58.6 Å². The molecule has 2 amide bonds.